The summed E-state index contributed by atoms with van der Waals surface area (Å²) in [6.07, 6.45) is 3.52. The summed E-state index contributed by atoms with van der Waals surface area (Å²) >= 11 is 0. The number of hydrogen-bond donors (Lipinski definition) is 0. The predicted molar refractivity (Wildman–Crippen MR) is 217 cm³/mol. The van der Waals surface area contributed by atoms with E-state index >= 15 is 0 Å². The lowest BCUT2D eigenvalue weighted by atomic mass is 10.0. The first-order valence-corrected chi connectivity index (χ1v) is 18.1. The molecule has 0 spiro atoms. The average molecular weight is 771 g/mol. The third kappa shape index (κ3) is 6.94. The highest BCUT2D eigenvalue weighted by atomic mass is 19.1. The van der Waals surface area contributed by atoms with Crippen LogP contribution in [0.2, 0.25) is 0 Å². The summed E-state index contributed by atoms with van der Waals surface area (Å²) in [7, 11) is 3.28. The van der Waals surface area contributed by atoms with E-state index in [2.05, 4.69) is 20.5 Å². The van der Waals surface area contributed by atoms with Crippen molar-refractivity contribution in [1.82, 2.24) is 29.9 Å². The van der Waals surface area contributed by atoms with Crippen LogP contribution in [-0.4, -0.2) is 44.1 Å². The number of aromatic nitrogens is 6. The third-order valence-electron chi connectivity index (χ3n) is 9.66. The van der Waals surface area contributed by atoms with E-state index in [0.29, 0.717) is 22.6 Å². The second kappa shape index (κ2) is 15.3. The quantitative estimate of drug-likeness (QED) is 0.150. The van der Waals surface area contributed by atoms with E-state index in [1.54, 1.807) is 50.9 Å². The molecule has 0 radical (unpaired) electrons. The fourth-order valence-electron chi connectivity index (χ4n) is 6.75. The second-order valence-corrected chi connectivity index (χ2v) is 13.2. The molecule has 0 saturated heterocycles. The zero-order valence-corrected chi connectivity index (χ0v) is 31.1. The molecular weight excluding hydrogens is 739 g/mol. The average Bonchev–Trinajstić information content (AvgIpc) is 4.11. The highest BCUT2D eigenvalue weighted by molar-refractivity contribution is 5.95. The molecule has 284 valence electrons. The van der Waals surface area contributed by atoms with Crippen LogP contribution in [0.1, 0.15) is 0 Å². The van der Waals surface area contributed by atoms with E-state index < -0.39 is 0 Å². The zero-order valence-electron chi connectivity index (χ0n) is 31.1. The van der Waals surface area contributed by atoms with E-state index in [1.165, 1.54) is 24.3 Å². The minimum Gasteiger partial charge on any atom is -0.497 e. The molecule has 10 rings (SSSR count). The van der Waals surface area contributed by atoms with Crippen LogP contribution in [-0.2, 0) is 0 Å². The highest BCUT2D eigenvalue weighted by Gasteiger charge is 2.17. The Morgan fingerprint density at radius 1 is 0.466 bits per heavy atom. The van der Waals surface area contributed by atoms with Gasteiger partial charge in [-0.2, -0.15) is 10.2 Å². The molecule has 0 aliphatic heterocycles. The summed E-state index contributed by atoms with van der Waals surface area (Å²) in [6.45, 7) is 0. The maximum absolute atomic E-state index is 13.7. The van der Waals surface area contributed by atoms with Gasteiger partial charge in [0.15, 0.2) is 11.5 Å². The van der Waals surface area contributed by atoms with Crippen LogP contribution in [0.15, 0.2) is 167 Å². The van der Waals surface area contributed by atoms with Gasteiger partial charge >= 0.3 is 0 Å². The number of halogens is 2. The Morgan fingerprint density at radius 2 is 0.948 bits per heavy atom. The van der Waals surface area contributed by atoms with Crippen LogP contribution in [0, 0.1) is 11.6 Å². The summed E-state index contributed by atoms with van der Waals surface area (Å²) < 4.78 is 52.2. The molecule has 0 fully saturated rings. The van der Waals surface area contributed by atoms with Gasteiger partial charge in [-0.3, -0.25) is 0 Å². The summed E-state index contributed by atoms with van der Waals surface area (Å²) in [5.74, 6) is 2.11. The van der Waals surface area contributed by atoms with Gasteiger partial charge in [0.05, 0.1) is 60.1 Å². The molecule has 0 bridgehead atoms. The SMILES string of the molecule is COc1ccc(-n2nccc2-c2ccc3noc(-c4ccc(F)cc4)c3c2)cc1.COc1ccc(-n2nccc2-c2ccc3noc(-c4cccc(F)c4)c3c2)cc1. The molecule has 10 nitrogen and oxygen atoms in total. The Morgan fingerprint density at radius 3 is 1.43 bits per heavy atom. The first-order valence-electron chi connectivity index (χ1n) is 18.1. The third-order valence-corrected chi connectivity index (χ3v) is 9.66. The van der Waals surface area contributed by atoms with Gasteiger partial charge in [0.1, 0.15) is 34.2 Å². The fraction of sp³-hybridized carbons (Fsp3) is 0.0435. The molecule has 0 atom stereocenters. The predicted octanol–water partition coefficient (Wildman–Crippen LogP) is 11.0. The van der Waals surface area contributed by atoms with Crippen LogP contribution in [0.3, 0.4) is 0 Å². The van der Waals surface area contributed by atoms with Gasteiger partial charge in [-0.05, 0) is 121 Å². The minimum absolute atomic E-state index is 0.290. The van der Waals surface area contributed by atoms with Gasteiger partial charge in [0, 0.05) is 22.3 Å². The van der Waals surface area contributed by atoms with Gasteiger partial charge in [-0.25, -0.2) is 18.1 Å². The Bertz CT molecular complexity index is 3000. The van der Waals surface area contributed by atoms with Crippen molar-refractivity contribution in [3.63, 3.8) is 0 Å². The van der Waals surface area contributed by atoms with Crippen molar-refractivity contribution in [1.29, 1.82) is 0 Å². The lowest BCUT2D eigenvalue weighted by molar-refractivity contribution is 0.414. The molecule has 4 aromatic heterocycles. The maximum atomic E-state index is 13.7. The Labute approximate surface area is 330 Å². The van der Waals surface area contributed by atoms with Gasteiger partial charge in [0.2, 0.25) is 0 Å². The Kier molecular flexibility index (Phi) is 9.48. The fourth-order valence-corrected chi connectivity index (χ4v) is 6.75. The van der Waals surface area contributed by atoms with Crippen molar-refractivity contribution in [2.45, 2.75) is 0 Å². The Hall–Kier alpha value is -7.86. The van der Waals surface area contributed by atoms with E-state index in [9.17, 15) is 8.78 Å². The Balaban J connectivity index is 0.000000150. The number of fused-ring (bicyclic) bond motifs is 2. The second-order valence-electron chi connectivity index (χ2n) is 13.2. The standard InChI is InChI=1S/2C23H16FN3O2/c1-28-19-9-7-18(8-10-19)27-22(12-13-25-27)16-4-11-21-20(14-16)23(29-26-21)15-2-5-17(24)6-3-15;1-28-19-8-6-18(7-9-19)27-22(11-12-25-27)15-5-10-21-20(14-15)23(29-26-21)16-3-2-4-17(24)13-16/h2*2-14H,1H3. The molecule has 0 N–H and O–H groups in total. The van der Waals surface area contributed by atoms with Gasteiger partial charge < -0.3 is 18.5 Å². The number of nitrogens with zero attached hydrogens (tertiary/aromatic N) is 6. The number of rotatable bonds is 8. The molecule has 4 heterocycles. The van der Waals surface area contributed by atoms with E-state index in [-0.39, 0.29) is 11.6 Å². The molecule has 10 aromatic rings. The minimum atomic E-state index is -0.319. The van der Waals surface area contributed by atoms with Gasteiger partial charge in [-0.15, -0.1) is 0 Å². The zero-order chi connectivity index (χ0) is 39.6. The number of methoxy groups -OCH3 is 2. The van der Waals surface area contributed by atoms with Crippen molar-refractivity contribution in [3.05, 3.63) is 170 Å². The molecule has 0 aliphatic carbocycles. The molecule has 0 saturated carbocycles. The van der Waals surface area contributed by atoms with Crippen molar-refractivity contribution in [2.24, 2.45) is 0 Å². The van der Waals surface area contributed by atoms with Crippen LogP contribution >= 0.6 is 0 Å². The normalized spacial score (nSPS) is 11.1. The molecule has 0 amide bonds. The van der Waals surface area contributed by atoms with Crippen LogP contribution in [0.4, 0.5) is 8.78 Å². The molecule has 6 aromatic carbocycles. The largest absolute Gasteiger partial charge is 0.497 e. The highest BCUT2D eigenvalue weighted by Crippen LogP contribution is 2.35. The lowest BCUT2D eigenvalue weighted by Gasteiger charge is -2.09. The van der Waals surface area contributed by atoms with Crippen molar-refractivity contribution in [3.8, 4) is 68.0 Å². The molecule has 0 aliphatic rings. The van der Waals surface area contributed by atoms with E-state index in [0.717, 1.165) is 67.2 Å². The number of benzene rings is 6. The summed E-state index contributed by atoms with van der Waals surface area (Å²) in [4.78, 5) is 0. The number of hydrogen-bond acceptors (Lipinski definition) is 8. The van der Waals surface area contributed by atoms with Crippen LogP contribution in [0.25, 0.3) is 78.3 Å². The van der Waals surface area contributed by atoms with Crippen molar-refractivity contribution < 1.29 is 27.3 Å². The lowest BCUT2D eigenvalue weighted by Crippen LogP contribution is -1.98. The monoisotopic (exact) mass is 770 g/mol. The molecular formula is C46H32F2N6O4. The maximum Gasteiger partial charge on any atom is 0.174 e. The molecule has 0 unspecified atom stereocenters. The molecule has 58 heavy (non-hydrogen) atoms. The molecule has 12 heteroatoms. The summed E-state index contributed by atoms with van der Waals surface area (Å²) in [5, 5.41) is 18.9. The van der Waals surface area contributed by atoms with E-state index in [1.807, 2.05) is 106 Å². The summed E-state index contributed by atoms with van der Waals surface area (Å²) in [5.41, 5.74) is 8.49. The van der Waals surface area contributed by atoms with Gasteiger partial charge in [0.25, 0.3) is 0 Å². The first-order chi connectivity index (χ1) is 28.4. The van der Waals surface area contributed by atoms with Crippen LogP contribution in [0.5, 0.6) is 11.5 Å². The van der Waals surface area contributed by atoms with Crippen molar-refractivity contribution >= 4 is 21.8 Å². The summed E-state index contributed by atoms with van der Waals surface area (Å²) in [6, 6.07) is 43.5. The number of ether oxygens (including phenoxy) is 2. The topological polar surface area (TPSA) is 106 Å². The van der Waals surface area contributed by atoms with Gasteiger partial charge in [-0.1, -0.05) is 34.6 Å². The van der Waals surface area contributed by atoms with Crippen molar-refractivity contribution in [2.75, 3.05) is 14.2 Å². The first kappa shape index (κ1) is 35.8. The smallest absolute Gasteiger partial charge is 0.174 e. The van der Waals surface area contributed by atoms with Crippen LogP contribution < -0.4 is 9.47 Å². The van der Waals surface area contributed by atoms with E-state index in [4.69, 9.17) is 18.5 Å².